The van der Waals surface area contributed by atoms with Gasteiger partial charge in [-0.15, -0.1) is 0 Å². The number of halogens is 1. The molecule has 0 aliphatic heterocycles. The van der Waals surface area contributed by atoms with E-state index in [1.165, 1.54) is 17.3 Å². The molecule has 3 unspecified atom stereocenters. The van der Waals surface area contributed by atoms with Crippen LogP contribution in [-0.4, -0.2) is 15.6 Å². The van der Waals surface area contributed by atoms with Gasteiger partial charge in [0.2, 0.25) is 0 Å². The maximum absolute atomic E-state index is 9.84. The summed E-state index contributed by atoms with van der Waals surface area (Å²) in [6.45, 7) is 4.44. The monoisotopic (exact) mass is 282 g/mol. The van der Waals surface area contributed by atoms with Gasteiger partial charge in [0, 0.05) is 4.43 Å². The molecule has 1 nitrogen and oxygen atoms in total. The second-order valence-electron chi connectivity index (χ2n) is 4.31. The standard InChI is InChI=1S/C10H19IO/c1-7(2)9-4-3-8(6-11)5-10(9)12/h7-10,12H,3-6H2,1-2H3. The first-order valence-corrected chi connectivity index (χ1v) is 6.41. The zero-order valence-corrected chi connectivity index (χ0v) is 10.1. The average molecular weight is 282 g/mol. The highest BCUT2D eigenvalue weighted by molar-refractivity contribution is 14.1. The summed E-state index contributed by atoms with van der Waals surface area (Å²) >= 11 is 2.43. The third-order valence-corrected chi connectivity index (χ3v) is 4.30. The minimum absolute atomic E-state index is 0.0292. The van der Waals surface area contributed by atoms with Gasteiger partial charge in [0.15, 0.2) is 0 Å². The molecule has 0 aromatic carbocycles. The fraction of sp³-hybridized carbons (Fsp3) is 1.00. The van der Waals surface area contributed by atoms with Crippen molar-refractivity contribution in [1.82, 2.24) is 0 Å². The number of aliphatic hydroxyl groups is 1. The Morgan fingerprint density at radius 2 is 2.08 bits per heavy atom. The molecule has 0 aromatic rings. The van der Waals surface area contributed by atoms with Crippen molar-refractivity contribution >= 4 is 22.6 Å². The Labute approximate surface area is 89.1 Å². The Morgan fingerprint density at radius 3 is 2.50 bits per heavy atom. The topological polar surface area (TPSA) is 20.2 Å². The fourth-order valence-corrected chi connectivity index (χ4v) is 2.97. The Bertz CT molecular complexity index is 136. The molecule has 0 heterocycles. The van der Waals surface area contributed by atoms with Crippen LogP contribution in [0.2, 0.25) is 0 Å². The van der Waals surface area contributed by atoms with Crippen molar-refractivity contribution in [2.75, 3.05) is 4.43 Å². The van der Waals surface area contributed by atoms with Gasteiger partial charge in [-0.3, -0.25) is 0 Å². The molecular weight excluding hydrogens is 263 g/mol. The van der Waals surface area contributed by atoms with Crippen molar-refractivity contribution in [2.45, 2.75) is 39.2 Å². The highest BCUT2D eigenvalue weighted by Crippen LogP contribution is 2.34. The summed E-state index contributed by atoms with van der Waals surface area (Å²) in [6, 6.07) is 0. The third kappa shape index (κ3) is 2.59. The lowest BCUT2D eigenvalue weighted by molar-refractivity contribution is 0.0280. The van der Waals surface area contributed by atoms with E-state index in [4.69, 9.17) is 0 Å². The van der Waals surface area contributed by atoms with E-state index >= 15 is 0 Å². The lowest BCUT2D eigenvalue weighted by Crippen LogP contribution is -2.33. The van der Waals surface area contributed by atoms with Crippen LogP contribution in [0.4, 0.5) is 0 Å². The molecule has 1 fully saturated rings. The van der Waals surface area contributed by atoms with Gasteiger partial charge in [0.25, 0.3) is 0 Å². The predicted molar refractivity (Wildman–Crippen MR) is 60.6 cm³/mol. The molecule has 0 amide bonds. The minimum Gasteiger partial charge on any atom is -0.393 e. The van der Waals surface area contributed by atoms with Crippen molar-refractivity contribution in [1.29, 1.82) is 0 Å². The zero-order valence-electron chi connectivity index (χ0n) is 7.96. The van der Waals surface area contributed by atoms with Crippen LogP contribution in [0.25, 0.3) is 0 Å². The second-order valence-corrected chi connectivity index (χ2v) is 5.19. The predicted octanol–water partition coefficient (Wildman–Crippen LogP) is 2.85. The van der Waals surface area contributed by atoms with Gasteiger partial charge in [0.05, 0.1) is 6.10 Å². The van der Waals surface area contributed by atoms with Crippen LogP contribution in [0.1, 0.15) is 33.1 Å². The van der Waals surface area contributed by atoms with Crippen molar-refractivity contribution in [3.05, 3.63) is 0 Å². The van der Waals surface area contributed by atoms with Crippen LogP contribution in [0, 0.1) is 17.8 Å². The van der Waals surface area contributed by atoms with Gasteiger partial charge in [-0.2, -0.15) is 0 Å². The lowest BCUT2D eigenvalue weighted by atomic mass is 9.75. The Hall–Kier alpha value is 0.690. The highest BCUT2D eigenvalue weighted by atomic mass is 127. The first-order valence-electron chi connectivity index (χ1n) is 4.89. The molecule has 1 rings (SSSR count). The summed E-state index contributed by atoms with van der Waals surface area (Å²) in [6.07, 6.45) is 3.56. The quantitative estimate of drug-likeness (QED) is 0.610. The van der Waals surface area contributed by atoms with E-state index in [2.05, 4.69) is 36.4 Å². The highest BCUT2D eigenvalue weighted by Gasteiger charge is 2.30. The SMILES string of the molecule is CC(C)C1CCC(CI)CC1O. The molecule has 0 aromatic heterocycles. The van der Waals surface area contributed by atoms with E-state index in [0.717, 1.165) is 12.3 Å². The third-order valence-electron chi connectivity index (χ3n) is 3.05. The Kier molecular flexibility index (Phi) is 4.30. The minimum atomic E-state index is -0.0292. The van der Waals surface area contributed by atoms with E-state index < -0.39 is 0 Å². The van der Waals surface area contributed by atoms with Gasteiger partial charge in [-0.25, -0.2) is 0 Å². The van der Waals surface area contributed by atoms with Gasteiger partial charge < -0.3 is 5.11 Å². The van der Waals surface area contributed by atoms with E-state index in [9.17, 15) is 5.11 Å². The molecule has 0 radical (unpaired) electrons. The summed E-state index contributed by atoms with van der Waals surface area (Å²) in [4.78, 5) is 0. The van der Waals surface area contributed by atoms with E-state index in [1.54, 1.807) is 0 Å². The summed E-state index contributed by atoms with van der Waals surface area (Å²) < 4.78 is 1.21. The van der Waals surface area contributed by atoms with Crippen LogP contribution in [0.5, 0.6) is 0 Å². The molecule has 0 bridgehead atoms. The largest absolute Gasteiger partial charge is 0.393 e. The Morgan fingerprint density at radius 1 is 1.42 bits per heavy atom. The van der Waals surface area contributed by atoms with Crippen molar-refractivity contribution < 1.29 is 5.11 Å². The first kappa shape index (κ1) is 10.8. The second kappa shape index (κ2) is 4.80. The zero-order chi connectivity index (χ0) is 9.14. The number of alkyl halides is 1. The normalized spacial score (nSPS) is 37.2. The van der Waals surface area contributed by atoms with Crippen LogP contribution >= 0.6 is 22.6 Å². The fourth-order valence-electron chi connectivity index (χ4n) is 2.17. The van der Waals surface area contributed by atoms with Gasteiger partial charge >= 0.3 is 0 Å². The molecule has 3 atom stereocenters. The molecule has 0 saturated heterocycles. The molecule has 1 aliphatic carbocycles. The maximum Gasteiger partial charge on any atom is 0.0573 e. The van der Waals surface area contributed by atoms with Crippen molar-refractivity contribution in [3.63, 3.8) is 0 Å². The van der Waals surface area contributed by atoms with E-state index in [1.807, 2.05) is 0 Å². The number of hydrogen-bond acceptors (Lipinski definition) is 1. The van der Waals surface area contributed by atoms with Crippen LogP contribution in [0.15, 0.2) is 0 Å². The molecule has 0 spiro atoms. The van der Waals surface area contributed by atoms with Crippen LogP contribution in [-0.2, 0) is 0 Å². The van der Waals surface area contributed by atoms with Gasteiger partial charge in [-0.05, 0) is 37.0 Å². The van der Waals surface area contributed by atoms with Crippen molar-refractivity contribution in [2.24, 2.45) is 17.8 Å². The number of rotatable bonds is 2. The Balaban J connectivity index is 2.42. The van der Waals surface area contributed by atoms with Crippen molar-refractivity contribution in [3.8, 4) is 0 Å². The van der Waals surface area contributed by atoms with Crippen LogP contribution < -0.4 is 0 Å². The number of aliphatic hydroxyl groups excluding tert-OH is 1. The van der Waals surface area contributed by atoms with Gasteiger partial charge in [-0.1, -0.05) is 36.4 Å². The molecule has 2 heteroatoms. The summed E-state index contributed by atoms with van der Waals surface area (Å²) in [5, 5.41) is 9.84. The summed E-state index contributed by atoms with van der Waals surface area (Å²) in [5.41, 5.74) is 0. The molecular formula is C10H19IO. The summed E-state index contributed by atoms with van der Waals surface area (Å²) in [7, 11) is 0. The lowest BCUT2D eigenvalue weighted by Gasteiger charge is -2.34. The van der Waals surface area contributed by atoms with E-state index in [-0.39, 0.29) is 6.10 Å². The first-order chi connectivity index (χ1) is 5.65. The van der Waals surface area contributed by atoms with E-state index in [0.29, 0.717) is 11.8 Å². The molecule has 1 aliphatic rings. The molecule has 1 N–H and O–H groups in total. The average Bonchev–Trinajstić information content (AvgIpc) is 2.03. The van der Waals surface area contributed by atoms with Crippen LogP contribution in [0.3, 0.4) is 0 Å². The molecule has 72 valence electrons. The maximum atomic E-state index is 9.84. The van der Waals surface area contributed by atoms with Gasteiger partial charge in [0.1, 0.15) is 0 Å². The molecule has 1 saturated carbocycles. The smallest absolute Gasteiger partial charge is 0.0573 e. The summed E-state index contributed by atoms with van der Waals surface area (Å²) in [5.74, 6) is 1.98. The number of hydrogen-bond donors (Lipinski definition) is 1. The molecule has 12 heavy (non-hydrogen) atoms.